The summed E-state index contributed by atoms with van der Waals surface area (Å²) in [4.78, 5) is 0. The summed E-state index contributed by atoms with van der Waals surface area (Å²) in [5.74, 6) is 1.35. The number of hydrogen-bond donors (Lipinski definition) is 0. The van der Waals surface area contributed by atoms with Crippen LogP contribution in [0, 0.1) is 0 Å². The van der Waals surface area contributed by atoms with Gasteiger partial charge in [-0.15, -0.1) is 11.6 Å². The molecule has 0 N–H and O–H groups in total. The first kappa shape index (κ1) is 16.6. The number of rotatable bonds is 5. The molecule has 18 heavy (non-hydrogen) atoms. The molecule has 1 aliphatic heterocycles. The van der Waals surface area contributed by atoms with Gasteiger partial charge in [0.15, 0.2) is 0 Å². The summed E-state index contributed by atoms with van der Waals surface area (Å²) < 4.78 is 27.9. The summed E-state index contributed by atoms with van der Waals surface area (Å²) in [5.41, 5.74) is 0. The van der Waals surface area contributed by atoms with E-state index < -0.39 is 10.2 Å². The monoisotopic (exact) mass is 314 g/mol. The van der Waals surface area contributed by atoms with Gasteiger partial charge in [0.2, 0.25) is 0 Å². The highest BCUT2D eigenvalue weighted by molar-refractivity contribution is 8.00. The van der Waals surface area contributed by atoms with Crippen molar-refractivity contribution >= 4 is 33.6 Å². The maximum atomic E-state index is 12.4. The van der Waals surface area contributed by atoms with Gasteiger partial charge < -0.3 is 0 Å². The predicted octanol–water partition coefficient (Wildman–Crippen LogP) is 2.01. The van der Waals surface area contributed by atoms with Crippen LogP contribution in [0.5, 0.6) is 0 Å². The van der Waals surface area contributed by atoms with E-state index in [0.717, 1.165) is 12.2 Å². The predicted molar refractivity (Wildman–Crippen MR) is 79.6 cm³/mol. The van der Waals surface area contributed by atoms with E-state index >= 15 is 0 Å². The highest BCUT2D eigenvalue weighted by Gasteiger charge is 2.31. The Morgan fingerprint density at radius 2 is 2.06 bits per heavy atom. The molecule has 1 aliphatic rings. The van der Waals surface area contributed by atoms with E-state index in [4.69, 9.17) is 11.6 Å². The number of nitrogens with zero attached hydrogens (tertiary/aromatic N) is 2. The zero-order chi connectivity index (χ0) is 13.8. The Balaban J connectivity index is 2.67. The fourth-order valence-corrected chi connectivity index (χ4v) is 4.56. The van der Waals surface area contributed by atoms with Crippen molar-refractivity contribution in [1.82, 2.24) is 8.61 Å². The summed E-state index contributed by atoms with van der Waals surface area (Å²) in [6.45, 7) is 6.03. The smallest absolute Gasteiger partial charge is 0.195 e. The van der Waals surface area contributed by atoms with Gasteiger partial charge in [-0.25, -0.2) is 0 Å². The Kier molecular flexibility index (Phi) is 6.25. The zero-order valence-corrected chi connectivity index (χ0v) is 13.7. The van der Waals surface area contributed by atoms with Gasteiger partial charge >= 0.3 is 0 Å². The van der Waals surface area contributed by atoms with Crippen LogP contribution in [0.1, 0.15) is 26.7 Å². The lowest BCUT2D eigenvalue weighted by atomic mass is 10.1. The molecule has 0 bridgehead atoms. The molecule has 7 heteroatoms. The van der Waals surface area contributed by atoms with Crippen molar-refractivity contribution in [2.24, 2.45) is 0 Å². The van der Waals surface area contributed by atoms with Crippen molar-refractivity contribution in [3.8, 4) is 0 Å². The zero-order valence-electron chi connectivity index (χ0n) is 11.4. The fourth-order valence-electron chi connectivity index (χ4n) is 1.83. The van der Waals surface area contributed by atoms with Crippen molar-refractivity contribution in [3.63, 3.8) is 0 Å². The van der Waals surface area contributed by atoms with Crippen LogP contribution in [0.25, 0.3) is 0 Å². The van der Waals surface area contributed by atoms with Crippen LogP contribution in [0.4, 0.5) is 0 Å². The number of hydrogen-bond acceptors (Lipinski definition) is 3. The largest absolute Gasteiger partial charge is 0.281 e. The number of alkyl halides is 1. The highest BCUT2D eigenvalue weighted by Crippen LogP contribution is 2.31. The van der Waals surface area contributed by atoms with E-state index in [9.17, 15) is 8.42 Å². The standard InChI is InChI=1S/C11H23ClN2O2S2/c1-11(2)5-8-14(9-10-17-11)18(15,16)13(3)7-4-6-12/h4-10H2,1-3H3. The minimum atomic E-state index is -3.31. The van der Waals surface area contributed by atoms with E-state index in [1.54, 1.807) is 11.4 Å². The molecule has 1 saturated heterocycles. The van der Waals surface area contributed by atoms with Crippen LogP contribution in [-0.2, 0) is 10.2 Å². The van der Waals surface area contributed by atoms with Gasteiger partial charge in [-0.3, -0.25) is 0 Å². The lowest BCUT2D eigenvalue weighted by molar-refractivity contribution is 0.363. The van der Waals surface area contributed by atoms with Crippen LogP contribution in [0.2, 0.25) is 0 Å². The Bertz CT molecular complexity index is 360. The topological polar surface area (TPSA) is 40.6 Å². The molecule has 108 valence electrons. The van der Waals surface area contributed by atoms with E-state index in [1.807, 2.05) is 11.8 Å². The minimum absolute atomic E-state index is 0.166. The molecule has 0 aliphatic carbocycles. The van der Waals surface area contributed by atoms with Crippen molar-refractivity contribution in [1.29, 1.82) is 0 Å². The third-order valence-corrected chi connectivity index (χ3v) is 6.75. The molecule has 0 aromatic carbocycles. The van der Waals surface area contributed by atoms with Crippen molar-refractivity contribution in [2.45, 2.75) is 31.4 Å². The molecule has 0 unspecified atom stereocenters. The molecule has 1 fully saturated rings. The number of halogens is 1. The summed E-state index contributed by atoms with van der Waals surface area (Å²) in [7, 11) is -1.68. The maximum absolute atomic E-state index is 12.4. The van der Waals surface area contributed by atoms with Crippen molar-refractivity contribution in [2.75, 3.05) is 38.3 Å². The van der Waals surface area contributed by atoms with Crippen LogP contribution in [0.15, 0.2) is 0 Å². The molecule has 0 atom stereocenters. The summed E-state index contributed by atoms with van der Waals surface area (Å²) in [5, 5.41) is 0. The minimum Gasteiger partial charge on any atom is -0.195 e. The first-order valence-electron chi connectivity index (χ1n) is 6.21. The van der Waals surface area contributed by atoms with Crippen LogP contribution in [0.3, 0.4) is 0 Å². The van der Waals surface area contributed by atoms with E-state index in [2.05, 4.69) is 13.8 Å². The third kappa shape index (κ3) is 4.56. The fraction of sp³-hybridized carbons (Fsp3) is 1.00. The summed E-state index contributed by atoms with van der Waals surface area (Å²) >= 11 is 7.45. The van der Waals surface area contributed by atoms with Gasteiger partial charge in [0, 0.05) is 43.1 Å². The maximum Gasteiger partial charge on any atom is 0.281 e. The van der Waals surface area contributed by atoms with E-state index in [1.165, 1.54) is 4.31 Å². The van der Waals surface area contributed by atoms with Crippen molar-refractivity contribution < 1.29 is 8.42 Å². The molecular formula is C11H23ClN2O2S2. The third-order valence-electron chi connectivity index (χ3n) is 3.12. The average Bonchev–Trinajstić information content (AvgIpc) is 2.47. The number of thioether (sulfide) groups is 1. The molecule has 0 aromatic rings. The lowest BCUT2D eigenvalue weighted by Crippen LogP contribution is -2.43. The Morgan fingerprint density at radius 3 is 2.67 bits per heavy atom. The quantitative estimate of drug-likeness (QED) is 0.729. The van der Waals surface area contributed by atoms with Gasteiger partial charge in [-0.05, 0) is 12.8 Å². The molecule has 1 heterocycles. The van der Waals surface area contributed by atoms with E-state index in [-0.39, 0.29) is 4.75 Å². The Morgan fingerprint density at radius 1 is 1.39 bits per heavy atom. The van der Waals surface area contributed by atoms with Gasteiger partial charge in [-0.1, -0.05) is 13.8 Å². The molecule has 0 radical (unpaired) electrons. The van der Waals surface area contributed by atoms with E-state index in [0.29, 0.717) is 31.9 Å². The molecular weight excluding hydrogens is 292 g/mol. The van der Waals surface area contributed by atoms with Crippen LogP contribution >= 0.6 is 23.4 Å². The average molecular weight is 315 g/mol. The van der Waals surface area contributed by atoms with Crippen LogP contribution in [-0.4, -0.2) is 60.1 Å². The molecule has 0 amide bonds. The molecule has 1 rings (SSSR count). The SMILES string of the molecule is CN(CCCCl)S(=O)(=O)N1CCSC(C)(C)CC1. The van der Waals surface area contributed by atoms with Gasteiger partial charge in [-0.2, -0.15) is 28.8 Å². The first-order chi connectivity index (χ1) is 8.29. The van der Waals surface area contributed by atoms with Gasteiger partial charge in [0.1, 0.15) is 0 Å². The highest BCUT2D eigenvalue weighted by atomic mass is 35.5. The second kappa shape index (κ2) is 6.79. The van der Waals surface area contributed by atoms with Gasteiger partial charge in [0.05, 0.1) is 0 Å². The second-order valence-corrected chi connectivity index (χ2v) is 9.34. The summed E-state index contributed by atoms with van der Waals surface area (Å²) in [6.07, 6.45) is 1.58. The van der Waals surface area contributed by atoms with Crippen LogP contribution < -0.4 is 0 Å². The lowest BCUT2D eigenvalue weighted by Gasteiger charge is -2.26. The second-order valence-electron chi connectivity index (χ2n) is 5.13. The van der Waals surface area contributed by atoms with Crippen molar-refractivity contribution in [3.05, 3.63) is 0 Å². The molecule has 0 saturated carbocycles. The molecule has 0 aromatic heterocycles. The summed E-state index contributed by atoms with van der Waals surface area (Å²) in [6, 6.07) is 0. The first-order valence-corrected chi connectivity index (χ1v) is 9.13. The Labute approximate surface area is 120 Å². The molecule has 0 spiro atoms. The van der Waals surface area contributed by atoms with Gasteiger partial charge in [0.25, 0.3) is 10.2 Å². The normalized spacial score (nSPS) is 22.1. The molecule has 4 nitrogen and oxygen atoms in total. The Hall–Kier alpha value is 0.510.